The van der Waals surface area contributed by atoms with Crippen LogP contribution in [0.1, 0.15) is 26.2 Å². The summed E-state index contributed by atoms with van der Waals surface area (Å²) >= 11 is 0. The summed E-state index contributed by atoms with van der Waals surface area (Å²) in [5.74, 6) is 0.109. The van der Waals surface area contributed by atoms with E-state index < -0.39 is 0 Å². The van der Waals surface area contributed by atoms with Gasteiger partial charge < -0.3 is 16.4 Å². The van der Waals surface area contributed by atoms with Gasteiger partial charge in [0.15, 0.2) is 0 Å². The average molecular weight is 185 g/mol. The van der Waals surface area contributed by atoms with Crippen molar-refractivity contribution in [3.05, 3.63) is 0 Å². The van der Waals surface area contributed by atoms with E-state index in [0.29, 0.717) is 13.1 Å². The van der Waals surface area contributed by atoms with Crippen LogP contribution in [0.25, 0.3) is 0 Å². The predicted octanol–water partition coefficient (Wildman–Crippen LogP) is -0.406. The van der Waals surface area contributed by atoms with Crippen molar-refractivity contribution in [3.8, 4) is 0 Å². The molecule has 0 aliphatic carbocycles. The SMILES string of the molecule is CCC1(C(=O)NCCN)CCCN1. The Morgan fingerprint density at radius 2 is 2.46 bits per heavy atom. The minimum atomic E-state index is -0.310. The van der Waals surface area contributed by atoms with Gasteiger partial charge in [0.1, 0.15) is 0 Å². The van der Waals surface area contributed by atoms with Gasteiger partial charge >= 0.3 is 0 Å². The van der Waals surface area contributed by atoms with Crippen LogP contribution in [0.3, 0.4) is 0 Å². The summed E-state index contributed by atoms with van der Waals surface area (Å²) in [7, 11) is 0. The van der Waals surface area contributed by atoms with Gasteiger partial charge in [-0.15, -0.1) is 0 Å². The smallest absolute Gasteiger partial charge is 0.240 e. The Bertz CT molecular complexity index is 176. The van der Waals surface area contributed by atoms with Crippen LogP contribution in [0.15, 0.2) is 0 Å². The molecule has 0 bridgehead atoms. The van der Waals surface area contributed by atoms with Crippen LogP contribution < -0.4 is 16.4 Å². The van der Waals surface area contributed by atoms with Gasteiger partial charge in [-0.25, -0.2) is 0 Å². The van der Waals surface area contributed by atoms with Gasteiger partial charge in [-0.05, 0) is 25.8 Å². The molecule has 1 saturated heterocycles. The minimum Gasteiger partial charge on any atom is -0.353 e. The minimum absolute atomic E-state index is 0.109. The van der Waals surface area contributed by atoms with E-state index in [1.807, 2.05) is 6.92 Å². The van der Waals surface area contributed by atoms with Crippen molar-refractivity contribution >= 4 is 5.91 Å². The molecule has 0 radical (unpaired) electrons. The number of rotatable bonds is 4. The molecule has 0 saturated carbocycles. The van der Waals surface area contributed by atoms with Crippen LogP contribution in [0.5, 0.6) is 0 Å². The van der Waals surface area contributed by atoms with Crippen LogP contribution >= 0.6 is 0 Å². The second kappa shape index (κ2) is 4.58. The van der Waals surface area contributed by atoms with Crippen molar-refractivity contribution < 1.29 is 4.79 Å². The van der Waals surface area contributed by atoms with Crippen molar-refractivity contribution in [2.24, 2.45) is 5.73 Å². The Labute approximate surface area is 79.3 Å². The number of hydrogen-bond acceptors (Lipinski definition) is 3. The van der Waals surface area contributed by atoms with Gasteiger partial charge in [0.25, 0.3) is 0 Å². The lowest BCUT2D eigenvalue weighted by molar-refractivity contribution is -0.127. The largest absolute Gasteiger partial charge is 0.353 e. The van der Waals surface area contributed by atoms with Crippen molar-refractivity contribution in [1.29, 1.82) is 0 Å². The first kappa shape index (κ1) is 10.5. The molecule has 0 spiro atoms. The highest BCUT2D eigenvalue weighted by Crippen LogP contribution is 2.22. The average Bonchev–Trinajstić information content (AvgIpc) is 2.63. The fourth-order valence-electron chi connectivity index (χ4n) is 1.82. The number of amides is 1. The Kier molecular flexibility index (Phi) is 3.69. The van der Waals surface area contributed by atoms with E-state index in [0.717, 1.165) is 25.8 Å². The molecule has 1 aliphatic heterocycles. The van der Waals surface area contributed by atoms with Crippen LogP contribution in [0.2, 0.25) is 0 Å². The van der Waals surface area contributed by atoms with E-state index in [-0.39, 0.29) is 11.4 Å². The van der Waals surface area contributed by atoms with Crippen molar-refractivity contribution in [2.75, 3.05) is 19.6 Å². The third-order valence-electron chi connectivity index (χ3n) is 2.71. The first-order valence-electron chi connectivity index (χ1n) is 4.98. The highest BCUT2D eigenvalue weighted by Gasteiger charge is 2.38. The second-order valence-corrected chi connectivity index (χ2v) is 3.51. The van der Waals surface area contributed by atoms with E-state index in [2.05, 4.69) is 10.6 Å². The molecule has 1 rings (SSSR count). The normalized spacial score (nSPS) is 27.5. The molecule has 4 N–H and O–H groups in total. The monoisotopic (exact) mass is 185 g/mol. The maximum Gasteiger partial charge on any atom is 0.240 e. The second-order valence-electron chi connectivity index (χ2n) is 3.51. The molecule has 1 aliphatic rings. The summed E-state index contributed by atoms with van der Waals surface area (Å²) in [6.45, 7) is 4.07. The molecule has 0 aromatic heterocycles. The van der Waals surface area contributed by atoms with Gasteiger partial charge in [-0.2, -0.15) is 0 Å². The lowest BCUT2D eigenvalue weighted by Crippen LogP contribution is -2.53. The quantitative estimate of drug-likeness (QED) is 0.558. The summed E-state index contributed by atoms with van der Waals surface area (Å²) in [6, 6.07) is 0. The molecule has 1 fully saturated rings. The summed E-state index contributed by atoms with van der Waals surface area (Å²) < 4.78 is 0. The zero-order valence-electron chi connectivity index (χ0n) is 8.23. The molecule has 4 nitrogen and oxygen atoms in total. The summed E-state index contributed by atoms with van der Waals surface area (Å²) in [4.78, 5) is 11.7. The molecule has 13 heavy (non-hydrogen) atoms. The lowest BCUT2D eigenvalue weighted by Gasteiger charge is -2.26. The van der Waals surface area contributed by atoms with Crippen LogP contribution in [0.4, 0.5) is 0 Å². The first-order valence-corrected chi connectivity index (χ1v) is 4.98. The molecular formula is C9H19N3O. The Morgan fingerprint density at radius 3 is 2.92 bits per heavy atom. The van der Waals surface area contributed by atoms with Crippen LogP contribution in [-0.4, -0.2) is 31.1 Å². The molecule has 1 atom stereocenters. The number of nitrogens with two attached hydrogens (primary N) is 1. The van der Waals surface area contributed by atoms with Crippen LogP contribution in [0, 0.1) is 0 Å². The van der Waals surface area contributed by atoms with Crippen molar-refractivity contribution in [3.63, 3.8) is 0 Å². The summed E-state index contributed by atoms with van der Waals surface area (Å²) in [5, 5.41) is 6.12. The van der Waals surface area contributed by atoms with E-state index >= 15 is 0 Å². The fourth-order valence-corrected chi connectivity index (χ4v) is 1.82. The summed E-state index contributed by atoms with van der Waals surface area (Å²) in [5.41, 5.74) is 5.01. The molecule has 1 amide bonds. The van der Waals surface area contributed by atoms with E-state index in [9.17, 15) is 4.79 Å². The van der Waals surface area contributed by atoms with Crippen LogP contribution in [-0.2, 0) is 4.79 Å². The standard InChI is InChI=1S/C9H19N3O/c1-2-9(4-3-6-12-9)8(13)11-7-5-10/h12H,2-7,10H2,1H3,(H,11,13). The Hall–Kier alpha value is -0.610. The zero-order chi connectivity index (χ0) is 9.73. The molecule has 0 aromatic rings. The third kappa shape index (κ3) is 2.19. The van der Waals surface area contributed by atoms with Gasteiger partial charge in [0.2, 0.25) is 5.91 Å². The fraction of sp³-hybridized carbons (Fsp3) is 0.889. The molecule has 1 unspecified atom stereocenters. The highest BCUT2D eigenvalue weighted by molar-refractivity contribution is 5.86. The topological polar surface area (TPSA) is 67.2 Å². The molecule has 1 heterocycles. The number of carbonyl (C=O) groups excluding carboxylic acids is 1. The highest BCUT2D eigenvalue weighted by atomic mass is 16.2. The molecule has 76 valence electrons. The van der Waals surface area contributed by atoms with Gasteiger partial charge in [-0.1, -0.05) is 6.92 Å². The zero-order valence-corrected chi connectivity index (χ0v) is 8.23. The summed E-state index contributed by atoms with van der Waals surface area (Å²) in [6.07, 6.45) is 2.88. The van der Waals surface area contributed by atoms with Crippen molar-refractivity contribution in [1.82, 2.24) is 10.6 Å². The first-order chi connectivity index (χ1) is 6.25. The number of hydrogen-bond donors (Lipinski definition) is 3. The van der Waals surface area contributed by atoms with Crippen molar-refractivity contribution in [2.45, 2.75) is 31.7 Å². The predicted molar refractivity (Wildman–Crippen MR) is 52.3 cm³/mol. The van der Waals surface area contributed by atoms with Gasteiger partial charge in [-0.3, -0.25) is 4.79 Å². The van der Waals surface area contributed by atoms with E-state index in [1.165, 1.54) is 0 Å². The van der Waals surface area contributed by atoms with E-state index in [1.54, 1.807) is 0 Å². The maximum absolute atomic E-state index is 11.7. The molecule has 4 heteroatoms. The third-order valence-corrected chi connectivity index (χ3v) is 2.71. The Morgan fingerprint density at radius 1 is 1.69 bits per heavy atom. The molecule has 0 aromatic carbocycles. The van der Waals surface area contributed by atoms with E-state index in [4.69, 9.17) is 5.73 Å². The van der Waals surface area contributed by atoms with Gasteiger partial charge in [0.05, 0.1) is 5.54 Å². The number of carbonyl (C=O) groups is 1. The molecular weight excluding hydrogens is 166 g/mol. The maximum atomic E-state index is 11.7. The Balaban J connectivity index is 2.49. The lowest BCUT2D eigenvalue weighted by atomic mass is 9.93. The van der Waals surface area contributed by atoms with Gasteiger partial charge in [0, 0.05) is 13.1 Å². The number of nitrogens with one attached hydrogen (secondary N) is 2.